The second-order valence-corrected chi connectivity index (χ2v) is 8.23. The highest BCUT2D eigenvalue weighted by atomic mass is 16.5. The third-order valence-corrected chi connectivity index (χ3v) is 5.59. The number of amides is 1. The van der Waals surface area contributed by atoms with Gasteiger partial charge in [-0.05, 0) is 56.1 Å². The van der Waals surface area contributed by atoms with Crippen LogP contribution in [0.15, 0.2) is 61.1 Å². The number of nitrogens with zero attached hydrogens (tertiary/aromatic N) is 3. The Morgan fingerprint density at radius 3 is 2.76 bits per heavy atom. The van der Waals surface area contributed by atoms with Crippen LogP contribution in [0.25, 0.3) is 0 Å². The number of hydrogen-bond donors (Lipinski definition) is 1. The van der Waals surface area contributed by atoms with Crippen LogP contribution in [0.1, 0.15) is 36.8 Å². The summed E-state index contributed by atoms with van der Waals surface area (Å²) in [5.41, 5.74) is 2.66. The number of aromatic nitrogens is 2. The summed E-state index contributed by atoms with van der Waals surface area (Å²) in [7, 11) is 0. The fourth-order valence-electron chi connectivity index (χ4n) is 3.83. The van der Waals surface area contributed by atoms with Crippen LogP contribution in [0, 0.1) is 6.92 Å². The second-order valence-electron chi connectivity index (χ2n) is 8.23. The summed E-state index contributed by atoms with van der Waals surface area (Å²) in [4.78, 5) is 23.6. The average Bonchev–Trinajstić information content (AvgIpc) is 2.81. The third kappa shape index (κ3) is 6.52. The number of carbonyl (C=O) groups is 1. The van der Waals surface area contributed by atoms with Crippen LogP contribution < -0.4 is 14.8 Å². The Morgan fingerprint density at radius 1 is 1.03 bits per heavy atom. The van der Waals surface area contributed by atoms with Crippen molar-refractivity contribution in [2.24, 2.45) is 0 Å². The van der Waals surface area contributed by atoms with Crippen LogP contribution in [0.3, 0.4) is 0 Å². The highest BCUT2D eigenvalue weighted by Gasteiger charge is 2.17. The van der Waals surface area contributed by atoms with E-state index >= 15 is 0 Å². The molecule has 1 aromatic carbocycles. The number of fused-ring (bicyclic) bond motifs is 2. The summed E-state index contributed by atoms with van der Waals surface area (Å²) in [5, 5.41) is 3.02. The molecule has 0 atom stereocenters. The van der Waals surface area contributed by atoms with E-state index < -0.39 is 0 Å². The van der Waals surface area contributed by atoms with Crippen LogP contribution in [0.2, 0.25) is 0 Å². The normalized spacial score (nSPS) is 15.2. The fraction of sp³-hybridized carbons (Fsp3) is 0.346. The van der Waals surface area contributed by atoms with Gasteiger partial charge in [-0.15, -0.1) is 0 Å². The van der Waals surface area contributed by atoms with Gasteiger partial charge in [0.1, 0.15) is 0 Å². The molecule has 1 amide bonds. The largest absolute Gasteiger partial charge is 0.490 e. The minimum absolute atomic E-state index is 0.0458. The molecule has 172 valence electrons. The van der Waals surface area contributed by atoms with Gasteiger partial charge in [0.15, 0.2) is 11.5 Å². The van der Waals surface area contributed by atoms with Gasteiger partial charge >= 0.3 is 0 Å². The lowest BCUT2D eigenvalue weighted by Gasteiger charge is -2.23. The van der Waals surface area contributed by atoms with E-state index in [1.807, 2.05) is 49.4 Å². The summed E-state index contributed by atoms with van der Waals surface area (Å²) >= 11 is 0. The van der Waals surface area contributed by atoms with E-state index in [-0.39, 0.29) is 12.5 Å². The molecule has 7 heteroatoms. The number of rotatable bonds is 3. The van der Waals surface area contributed by atoms with Gasteiger partial charge in [-0.1, -0.05) is 31.0 Å². The molecular weight excluding hydrogens is 416 g/mol. The summed E-state index contributed by atoms with van der Waals surface area (Å²) in [5.74, 6) is 1.85. The topological polar surface area (TPSA) is 76.6 Å². The Kier molecular flexibility index (Phi) is 7.87. The average molecular weight is 447 g/mol. The van der Waals surface area contributed by atoms with Crippen LogP contribution in [0.5, 0.6) is 17.4 Å². The molecule has 4 rings (SSSR count). The van der Waals surface area contributed by atoms with Crippen molar-refractivity contribution in [1.82, 2.24) is 14.9 Å². The smallest absolute Gasteiger partial charge is 0.238 e. The van der Waals surface area contributed by atoms with E-state index in [2.05, 4.69) is 20.2 Å². The minimum Gasteiger partial charge on any atom is -0.490 e. The van der Waals surface area contributed by atoms with Gasteiger partial charge in [-0.2, -0.15) is 0 Å². The van der Waals surface area contributed by atoms with E-state index in [0.29, 0.717) is 24.8 Å². The molecule has 7 nitrogen and oxygen atoms in total. The van der Waals surface area contributed by atoms with Crippen molar-refractivity contribution in [2.45, 2.75) is 39.2 Å². The Balaban J connectivity index is 1.53. The zero-order valence-electron chi connectivity index (χ0n) is 19.0. The number of pyridine rings is 2. The summed E-state index contributed by atoms with van der Waals surface area (Å²) in [6, 6.07) is 13.4. The predicted molar refractivity (Wildman–Crippen MR) is 128 cm³/mol. The Morgan fingerprint density at radius 2 is 1.88 bits per heavy atom. The number of hydrogen-bond acceptors (Lipinski definition) is 6. The number of anilines is 1. The van der Waals surface area contributed by atoms with Gasteiger partial charge in [0, 0.05) is 36.4 Å². The summed E-state index contributed by atoms with van der Waals surface area (Å²) < 4.78 is 12.1. The molecule has 0 saturated heterocycles. The number of carbonyl (C=O) groups excluding carboxylic acids is 1. The monoisotopic (exact) mass is 446 g/mol. The molecule has 0 radical (unpaired) electrons. The van der Waals surface area contributed by atoms with Gasteiger partial charge in [-0.3, -0.25) is 14.7 Å². The molecule has 1 aliphatic heterocycles. The predicted octanol–water partition coefficient (Wildman–Crippen LogP) is 4.97. The lowest BCUT2D eigenvalue weighted by atomic mass is 10.1. The molecule has 1 N–H and O–H groups in total. The van der Waals surface area contributed by atoms with Gasteiger partial charge in [-0.25, -0.2) is 4.98 Å². The minimum atomic E-state index is -0.0458. The van der Waals surface area contributed by atoms with Crippen LogP contribution in [-0.2, 0) is 11.3 Å². The second kappa shape index (κ2) is 11.4. The molecule has 0 fully saturated rings. The van der Waals surface area contributed by atoms with Crippen molar-refractivity contribution in [1.29, 1.82) is 0 Å². The van der Waals surface area contributed by atoms with Crippen molar-refractivity contribution in [3.63, 3.8) is 0 Å². The molecule has 33 heavy (non-hydrogen) atoms. The van der Waals surface area contributed by atoms with Crippen LogP contribution in [-0.4, -0.2) is 40.5 Å². The van der Waals surface area contributed by atoms with E-state index in [1.165, 1.54) is 0 Å². The van der Waals surface area contributed by atoms with Gasteiger partial charge < -0.3 is 14.8 Å². The van der Waals surface area contributed by atoms with E-state index in [9.17, 15) is 4.79 Å². The maximum absolute atomic E-state index is 12.8. The Labute approximate surface area is 194 Å². The first-order chi connectivity index (χ1) is 16.2. The SMILES string of the molecule is Cc1cnccc1NC(=O)CN1CCCCCCOc2ccccc2Oc2ncccc2C1. The maximum Gasteiger partial charge on any atom is 0.238 e. The number of benzene rings is 1. The lowest BCUT2D eigenvalue weighted by molar-refractivity contribution is -0.117. The Hall–Kier alpha value is -3.45. The molecule has 0 saturated carbocycles. The Bertz CT molecular complexity index is 1070. The van der Waals surface area contributed by atoms with Crippen LogP contribution in [0.4, 0.5) is 5.69 Å². The zero-order chi connectivity index (χ0) is 22.9. The number of aryl methyl sites for hydroxylation is 1. The molecular formula is C26H30N4O3. The first-order valence-electron chi connectivity index (χ1n) is 11.5. The zero-order valence-corrected chi connectivity index (χ0v) is 19.0. The van der Waals surface area contributed by atoms with Crippen molar-refractivity contribution in [3.05, 3.63) is 72.2 Å². The van der Waals surface area contributed by atoms with Crippen molar-refractivity contribution in [3.8, 4) is 17.4 Å². The van der Waals surface area contributed by atoms with Gasteiger partial charge in [0.05, 0.1) is 13.2 Å². The maximum atomic E-state index is 12.8. The van der Waals surface area contributed by atoms with Crippen LogP contribution >= 0.6 is 0 Å². The fourth-order valence-corrected chi connectivity index (χ4v) is 3.83. The number of para-hydroxylation sites is 2. The molecule has 0 spiro atoms. The standard InChI is InChI=1S/C26H30N4O3/c1-20-17-27-14-12-22(20)29-25(31)19-30-15-6-2-3-7-16-32-23-10-4-5-11-24(23)33-26-21(18-30)9-8-13-28-26/h4-5,8-14,17H,2-3,6-7,15-16,18-19H2,1H3,(H,27,29,31). The summed E-state index contributed by atoms with van der Waals surface area (Å²) in [6.45, 7) is 4.25. The highest BCUT2D eigenvalue weighted by molar-refractivity contribution is 5.92. The van der Waals surface area contributed by atoms with Crippen molar-refractivity contribution >= 4 is 11.6 Å². The van der Waals surface area contributed by atoms with Gasteiger partial charge in [0.25, 0.3) is 0 Å². The highest BCUT2D eigenvalue weighted by Crippen LogP contribution is 2.32. The molecule has 0 unspecified atom stereocenters. The molecule has 0 aliphatic carbocycles. The van der Waals surface area contributed by atoms with Crippen molar-refractivity contribution in [2.75, 3.05) is 25.0 Å². The first kappa shape index (κ1) is 22.7. The lowest BCUT2D eigenvalue weighted by Crippen LogP contribution is -2.34. The molecule has 3 aromatic rings. The molecule has 0 bridgehead atoms. The van der Waals surface area contributed by atoms with Crippen molar-refractivity contribution < 1.29 is 14.3 Å². The first-order valence-corrected chi connectivity index (χ1v) is 11.5. The van der Waals surface area contributed by atoms with Gasteiger partial charge in [0.2, 0.25) is 11.8 Å². The number of ether oxygens (including phenoxy) is 2. The molecule has 2 aromatic heterocycles. The number of nitrogens with one attached hydrogen (secondary N) is 1. The van der Waals surface area contributed by atoms with E-state index in [4.69, 9.17) is 9.47 Å². The molecule has 3 heterocycles. The third-order valence-electron chi connectivity index (χ3n) is 5.59. The quantitative estimate of drug-likeness (QED) is 0.612. The summed E-state index contributed by atoms with van der Waals surface area (Å²) in [6.07, 6.45) is 9.30. The molecule has 1 aliphatic rings. The van der Waals surface area contributed by atoms with E-state index in [0.717, 1.165) is 54.8 Å². The van der Waals surface area contributed by atoms with E-state index in [1.54, 1.807) is 18.6 Å².